The molecule has 1 aliphatic rings. The molecule has 0 bridgehead atoms. The van der Waals surface area contributed by atoms with Crippen LogP contribution >= 0.6 is 11.8 Å². The molecule has 0 aromatic heterocycles. The summed E-state index contributed by atoms with van der Waals surface area (Å²) in [6.45, 7) is -0.653. The van der Waals surface area contributed by atoms with Crippen LogP contribution in [0.3, 0.4) is 0 Å². The summed E-state index contributed by atoms with van der Waals surface area (Å²) in [5.74, 6) is -0.928. The Kier molecular flexibility index (Phi) is 6.09. The number of nitro groups is 1. The average Bonchev–Trinajstić information content (AvgIpc) is 2.68. The minimum Gasteiger partial charge on any atom is -0.482 e. The molecule has 0 atom stereocenters. The van der Waals surface area contributed by atoms with Gasteiger partial charge in [-0.05, 0) is 18.2 Å². The molecule has 0 saturated heterocycles. The molecule has 1 aliphatic heterocycles. The van der Waals surface area contributed by atoms with E-state index in [2.05, 4.69) is 0 Å². The van der Waals surface area contributed by atoms with Crippen LogP contribution in [-0.4, -0.2) is 42.3 Å². The number of anilines is 1. The van der Waals surface area contributed by atoms with Gasteiger partial charge in [-0.3, -0.25) is 24.6 Å². The Morgan fingerprint density at radius 2 is 2.11 bits per heavy atom. The zero-order valence-corrected chi connectivity index (χ0v) is 15.3. The van der Waals surface area contributed by atoms with Gasteiger partial charge in [0.25, 0.3) is 11.6 Å². The van der Waals surface area contributed by atoms with Crippen LogP contribution in [0.1, 0.15) is 0 Å². The van der Waals surface area contributed by atoms with Gasteiger partial charge in [0.1, 0.15) is 24.7 Å². The summed E-state index contributed by atoms with van der Waals surface area (Å²) in [5, 5.41) is 11.0. The van der Waals surface area contributed by atoms with Crippen molar-refractivity contribution in [3.8, 4) is 5.75 Å². The third kappa shape index (κ3) is 4.58. The maximum atomic E-state index is 13.5. The lowest BCUT2D eigenvalue weighted by Crippen LogP contribution is -2.42. The number of hydrogen-bond donors (Lipinski definition) is 0. The van der Waals surface area contributed by atoms with Gasteiger partial charge in [-0.1, -0.05) is 12.1 Å². The zero-order valence-electron chi connectivity index (χ0n) is 14.5. The first-order valence-corrected chi connectivity index (χ1v) is 9.19. The molecule has 1 heterocycles. The van der Waals surface area contributed by atoms with Gasteiger partial charge < -0.3 is 9.47 Å². The number of halogens is 1. The Morgan fingerprint density at radius 1 is 1.32 bits per heavy atom. The van der Waals surface area contributed by atoms with Crippen LogP contribution in [0, 0.1) is 15.9 Å². The number of carbonyl (C=O) groups excluding carboxylic acids is 2. The highest BCUT2D eigenvalue weighted by Crippen LogP contribution is 2.35. The SMILES string of the molecule is O=C(CN1C(=O)COc2ccc([N+](=O)[O-])cc21)OCCSc1ccccc1F. The third-order valence-corrected chi connectivity index (χ3v) is 4.84. The van der Waals surface area contributed by atoms with E-state index < -0.39 is 23.3 Å². The Bertz CT molecular complexity index is 923. The van der Waals surface area contributed by atoms with E-state index in [1.165, 1.54) is 36.0 Å². The molecule has 8 nitrogen and oxygen atoms in total. The maximum Gasteiger partial charge on any atom is 0.326 e. The molecule has 0 radical (unpaired) electrons. The van der Waals surface area contributed by atoms with E-state index in [9.17, 15) is 24.1 Å². The Labute approximate surface area is 163 Å². The highest BCUT2D eigenvalue weighted by atomic mass is 32.2. The zero-order chi connectivity index (χ0) is 20.1. The van der Waals surface area contributed by atoms with Crippen molar-refractivity contribution in [2.75, 3.05) is 30.4 Å². The molecule has 10 heteroatoms. The number of thioether (sulfide) groups is 1. The second-order valence-corrected chi connectivity index (χ2v) is 6.81. The van der Waals surface area contributed by atoms with E-state index in [1.54, 1.807) is 18.2 Å². The van der Waals surface area contributed by atoms with Crippen molar-refractivity contribution < 1.29 is 28.4 Å². The molecule has 146 valence electrons. The Morgan fingerprint density at radius 3 is 2.86 bits per heavy atom. The lowest BCUT2D eigenvalue weighted by atomic mass is 10.2. The summed E-state index contributed by atoms with van der Waals surface area (Å²) in [7, 11) is 0. The lowest BCUT2D eigenvalue weighted by molar-refractivity contribution is -0.384. The van der Waals surface area contributed by atoms with Crippen LogP contribution in [0.2, 0.25) is 0 Å². The van der Waals surface area contributed by atoms with Gasteiger partial charge in [0.15, 0.2) is 6.61 Å². The summed E-state index contributed by atoms with van der Waals surface area (Å²) in [6.07, 6.45) is 0. The molecular formula is C18H15FN2O6S. The molecule has 3 rings (SSSR count). The molecule has 0 unspecified atom stereocenters. The number of esters is 1. The van der Waals surface area contributed by atoms with Crippen molar-refractivity contribution in [2.45, 2.75) is 4.90 Å². The molecule has 0 aliphatic carbocycles. The number of fused-ring (bicyclic) bond motifs is 1. The number of nitro benzene ring substituents is 1. The van der Waals surface area contributed by atoms with E-state index in [1.807, 2.05) is 0 Å². The minimum atomic E-state index is -0.679. The largest absolute Gasteiger partial charge is 0.482 e. The number of rotatable bonds is 7. The standard InChI is InChI=1S/C18H15FN2O6S/c19-13-3-1-2-4-16(13)28-8-7-26-18(23)10-20-14-9-12(21(24)25)5-6-15(14)27-11-17(20)22/h1-6,9H,7-8,10-11H2. The van der Waals surface area contributed by atoms with Crippen molar-refractivity contribution in [3.05, 3.63) is 58.4 Å². The van der Waals surface area contributed by atoms with Crippen LogP contribution in [-0.2, 0) is 14.3 Å². The fourth-order valence-corrected chi connectivity index (χ4v) is 3.29. The highest BCUT2D eigenvalue weighted by Gasteiger charge is 2.29. The van der Waals surface area contributed by atoms with Crippen molar-refractivity contribution in [3.63, 3.8) is 0 Å². The van der Waals surface area contributed by atoms with Crippen LogP contribution in [0.15, 0.2) is 47.4 Å². The van der Waals surface area contributed by atoms with E-state index >= 15 is 0 Å². The smallest absolute Gasteiger partial charge is 0.326 e. The quantitative estimate of drug-likeness (QED) is 0.229. The molecule has 2 aromatic carbocycles. The molecule has 28 heavy (non-hydrogen) atoms. The number of amides is 1. The highest BCUT2D eigenvalue weighted by molar-refractivity contribution is 7.99. The van der Waals surface area contributed by atoms with E-state index in [-0.39, 0.29) is 36.2 Å². The summed E-state index contributed by atoms with van der Waals surface area (Å²) in [4.78, 5) is 36.1. The first-order valence-electron chi connectivity index (χ1n) is 8.20. The molecular weight excluding hydrogens is 391 g/mol. The third-order valence-electron chi connectivity index (χ3n) is 3.82. The van der Waals surface area contributed by atoms with Gasteiger partial charge in [-0.2, -0.15) is 0 Å². The lowest BCUT2D eigenvalue weighted by Gasteiger charge is -2.28. The van der Waals surface area contributed by atoms with Gasteiger partial charge in [0.05, 0.1) is 10.6 Å². The summed E-state index contributed by atoms with van der Waals surface area (Å²) >= 11 is 1.20. The topological polar surface area (TPSA) is 99.0 Å². The normalized spacial score (nSPS) is 12.9. The summed E-state index contributed by atoms with van der Waals surface area (Å²) in [6, 6.07) is 10.1. The van der Waals surface area contributed by atoms with Gasteiger partial charge in [-0.25, -0.2) is 4.39 Å². The number of carbonyl (C=O) groups is 2. The minimum absolute atomic E-state index is 0.0260. The van der Waals surface area contributed by atoms with E-state index in [0.717, 1.165) is 4.90 Å². The van der Waals surface area contributed by atoms with Crippen molar-refractivity contribution in [2.24, 2.45) is 0 Å². The molecule has 2 aromatic rings. The van der Waals surface area contributed by atoms with Crippen molar-refractivity contribution >= 4 is 35.0 Å². The summed E-state index contributed by atoms with van der Waals surface area (Å²) < 4.78 is 23.9. The number of ether oxygens (including phenoxy) is 2. The van der Waals surface area contributed by atoms with Crippen LogP contribution < -0.4 is 9.64 Å². The Balaban J connectivity index is 1.58. The van der Waals surface area contributed by atoms with E-state index in [0.29, 0.717) is 10.6 Å². The number of non-ortho nitro benzene ring substituents is 1. The number of benzene rings is 2. The second kappa shape index (κ2) is 8.70. The van der Waals surface area contributed by atoms with Crippen molar-refractivity contribution in [1.82, 2.24) is 0 Å². The molecule has 0 spiro atoms. The predicted molar refractivity (Wildman–Crippen MR) is 99.0 cm³/mol. The number of nitrogens with zero attached hydrogens (tertiary/aromatic N) is 2. The molecule has 0 saturated carbocycles. The molecule has 0 N–H and O–H groups in total. The second-order valence-electron chi connectivity index (χ2n) is 5.68. The monoisotopic (exact) mass is 406 g/mol. The van der Waals surface area contributed by atoms with Crippen LogP contribution in [0.5, 0.6) is 5.75 Å². The van der Waals surface area contributed by atoms with E-state index in [4.69, 9.17) is 9.47 Å². The fraction of sp³-hybridized carbons (Fsp3) is 0.222. The van der Waals surface area contributed by atoms with Gasteiger partial charge in [-0.15, -0.1) is 11.8 Å². The molecule has 1 amide bonds. The average molecular weight is 406 g/mol. The van der Waals surface area contributed by atoms with Crippen LogP contribution in [0.25, 0.3) is 0 Å². The van der Waals surface area contributed by atoms with Gasteiger partial charge >= 0.3 is 5.97 Å². The van der Waals surface area contributed by atoms with Crippen LogP contribution in [0.4, 0.5) is 15.8 Å². The first kappa shape index (κ1) is 19.6. The first-order chi connectivity index (χ1) is 13.5. The predicted octanol–water partition coefficient (Wildman–Crippen LogP) is 2.79. The maximum absolute atomic E-state index is 13.5. The van der Waals surface area contributed by atoms with Gasteiger partial charge in [0, 0.05) is 22.8 Å². The van der Waals surface area contributed by atoms with Gasteiger partial charge in [0.2, 0.25) is 0 Å². The Hall–Kier alpha value is -3.14. The van der Waals surface area contributed by atoms with Crippen molar-refractivity contribution in [1.29, 1.82) is 0 Å². The summed E-state index contributed by atoms with van der Waals surface area (Å²) in [5.41, 5.74) is -0.0835. The molecule has 0 fully saturated rings. The number of hydrogen-bond acceptors (Lipinski definition) is 7. The fourth-order valence-electron chi connectivity index (χ4n) is 2.52.